The van der Waals surface area contributed by atoms with Gasteiger partial charge < -0.3 is 0 Å². The number of rotatable bonds is 3. The molecule has 20 heavy (non-hydrogen) atoms. The zero-order chi connectivity index (χ0) is 13.9. The zero-order valence-electron chi connectivity index (χ0n) is 11.9. The van der Waals surface area contributed by atoms with Crippen molar-refractivity contribution in [1.82, 2.24) is 4.90 Å². The zero-order valence-corrected chi connectivity index (χ0v) is 12.6. The summed E-state index contributed by atoms with van der Waals surface area (Å²) < 4.78 is 0. The summed E-state index contributed by atoms with van der Waals surface area (Å²) >= 11 is 6.00. The van der Waals surface area contributed by atoms with Gasteiger partial charge in [0.25, 0.3) is 0 Å². The van der Waals surface area contributed by atoms with Crippen LogP contribution >= 0.6 is 11.6 Å². The molecule has 3 heteroatoms. The van der Waals surface area contributed by atoms with Gasteiger partial charge in [0, 0.05) is 29.1 Å². The van der Waals surface area contributed by atoms with E-state index in [9.17, 15) is 4.79 Å². The van der Waals surface area contributed by atoms with Crippen LogP contribution in [0.2, 0.25) is 5.02 Å². The summed E-state index contributed by atoms with van der Waals surface area (Å²) in [6, 6.07) is 8.11. The average Bonchev–Trinajstić information content (AvgIpc) is 3.01. The number of Topliss-reactive ketones (excluding diaryl/α,β-unsaturated/α-hetero) is 1. The lowest BCUT2D eigenvalue weighted by Crippen LogP contribution is -2.43. The minimum Gasteiger partial charge on any atom is -0.300 e. The highest BCUT2D eigenvalue weighted by Gasteiger charge is 2.31. The van der Waals surface area contributed by atoms with Crippen molar-refractivity contribution in [3.05, 3.63) is 34.9 Å². The van der Waals surface area contributed by atoms with Crippen molar-refractivity contribution in [2.45, 2.75) is 44.6 Å². The molecule has 0 aromatic heterocycles. The Kier molecular flexibility index (Phi) is 4.42. The van der Waals surface area contributed by atoms with Crippen LogP contribution in [0.25, 0.3) is 0 Å². The van der Waals surface area contributed by atoms with Gasteiger partial charge in [0.05, 0.1) is 0 Å². The largest absolute Gasteiger partial charge is 0.300 e. The standard InChI is InChI=1S/C17H22ClNO/c18-15-7-3-5-13(11-15)17(20)14-6-4-10-19(12-14)16-8-1-2-9-16/h3,5,7,11,14,16H,1-2,4,6,8-10,12H2/t14-/m0/s1. The van der Waals surface area contributed by atoms with E-state index in [0.717, 1.165) is 31.0 Å². The number of likely N-dealkylation sites (tertiary alicyclic amines) is 1. The molecule has 0 N–H and O–H groups in total. The third-order valence-electron chi connectivity index (χ3n) is 4.77. The van der Waals surface area contributed by atoms with E-state index < -0.39 is 0 Å². The summed E-state index contributed by atoms with van der Waals surface area (Å²) in [4.78, 5) is 15.2. The Balaban J connectivity index is 1.68. The van der Waals surface area contributed by atoms with Gasteiger partial charge in [-0.15, -0.1) is 0 Å². The van der Waals surface area contributed by atoms with Crippen molar-refractivity contribution >= 4 is 17.4 Å². The molecule has 2 nitrogen and oxygen atoms in total. The smallest absolute Gasteiger partial charge is 0.167 e. The molecule has 1 aromatic rings. The number of hydrogen-bond donors (Lipinski definition) is 0. The van der Waals surface area contributed by atoms with E-state index >= 15 is 0 Å². The number of carbonyl (C=O) groups excluding carboxylic acids is 1. The van der Waals surface area contributed by atoms with Gasteiger partial charge in [0.1, 0.15) is 0 Å². The van der Waals surface area contributed by atoms with Gasteiger partial charge in [-0.05, 0) is 44.4 Å². The molecule has 0 bridgehead atoms. The lowest BCUT2D eigenvalue weighted by Gasteiger charge is -2.36. The minimum absolute atomic E-state index is 0.155. The molecule has 2 fully saturated rings. The Labute approximate surface area is 126 Å². The molecular weight excluding hydrogens is 270 g/mol. The predicted molar refractivity (Wildman–Crippen MR) is 82.3 cm³/mol. The van der Waals surface area contributed by atoms with Gasteiger partial charge in [-0.1, -0.05) is 36.6 Å². The Morgan fingerprint density at radius 2 is 1.95 bits per heavy atom. The van der Waals surface area contributed by atoms with Crippen LogP contribution in [0, 0.1) is 5.92 Å². The molecule has 1 aliphatic heterocycles. The van der Waals surface area contributed by atoms with E-state index in [-0.39, 0.29) is 11.7 Å². The Morgan fingerprint density at radius 3 is 2.70 bits per heavy atom. The third kappa shape index (κ3) is 3.07. The first-order valence-corrected chi connectivity index (χ1v) is 8.15. The number of halogens is 1. The molecule has 1 saturated carbocycles. The van der Waals surface area contributed by atoms with Crippen molar-refractivity contribution in [3.8, 4) is 0 Å². The molecule has 0 amide bonds. The summed E-state index contributed by atoms with van der Waals surface area (Å²) in [7, 11) is 0. The van der Waals surface area contributed by atoms with Gasteiger partial charge in [0.2, 0.25) is 0 Å². The first-order valence-electron chi connectivity index (χ1n) is 7.78. The van der Waals surface area contributed by atoms with E-state index in [1.807, 2.05) is 18.2 Å². The lowest BCUT2D eigenvalue weighted by atomic mass is 9.89. The molecule has 0 unspecified atom stereocenters. The van der Waals surface area contributed by atoms with Crippen LogP contribution in [-0.2, 0) is 0 Å². The maximum atomic E-state index is 12.6. The summed E-state index contributed by atoms with van der Waals surface area (Å²) in [6.45, 7) is 2.11. The Morgan fingerprint density at radius 1 is 1.15 bits per heavy atom. The molecule has 1 saturated heterocycles. The van der Waals surface area contributed by atoms with E-state index in [0.29, 0.717) is 5.02 Å². The van der Waals surface area contributed by atoms with Crippen LogP contribution in [0.3, 0.4) is 0 Å². The summed E-state index contributed by atoms with van der Waals surface area (Å²) in [5.41, 5.74) is 0.774. The molecule has 1 atom stereocenters. The number of hydrogen-bond acceptors (Lipinski definition) is 2. The van der Waals surface area contributed by atoms with Crippen LogP contribution < -0.4 is 0 Å². The topological polar surface area (TPSA) is 20.3 Å². The van der Waals surface area contributed by atoms with Crippen LogP contribution in [-0.4, -0.2) is 29.8 Å². The van der Waals surface area contributed by atoms with Gasteiger partial charge >= 0.3 is 0 Å². The minimum atomic E-state index is 0.155. The number of carbonyl (C=O) groups is 1. The highest BCUT2D eigenvalue weighted by atomic mass is 35.5. The van der Waals surface area contributed by atoms with Crippen molar-refractivity contribution < 1.29 is 4.79 Å². The molecule has 0 spiro atoms. The van der Waals surface area contributed by atoms with Crippen LogP contribution in [0.1, 0.15) is 48.9 Å². The van der Waals surface area contributed by atoms with Crippen LogP contribution in [0.4, 0.5) is 0 Å². The molecule has 108 valence electrons. The second-order valence-electron chi connectivity index (χ2n) is 6.15. The normalized spacial score (nSPS) is 24.9. The fourth-order valence-electron chi connectivity index (χ4n) is 3.70. The fourth-order valence-corrected chi connectivity index (χ4v) is 3.89. The second-order valence-corrected chi connectivity index (χ2v) is 6.58. The van der Waals surface area contributed by atoms with Crippen LogP contribution in [0.15, 0.2) is 24.3 Å². The highest BCUT2D eigenvalue weighted by molar-refractivity contribution is 6.31. The predicted octanol–water partition coefficient (Wildman–Crippen LogP) is 4.18. The van der Waals surface area contributed by atoms with Gasteiger partial charge in [-0.2, -0.15) is 0 Å². The molecule has 0 radical (unpaired) electrons. The molecule has 3 rings (SSSR count). The van der Waals surface area contributed by atoms with E-state index in [1.165, 1.54) is 32.2 Å². The molecule has 2 aliphatic rings. The fraction of sp³-hybridized carbons (Fsp3) is 0.588. The third-order valence-corrected chi connectivity index (χ3v) is 5.01. The number of piperidine rings is 1. The van der Waals surface area contributed by atoms with Crippen molar-refractivity contribution in [1.29, 1.82) is 0 Å². The first kappa shape index (κ1) is 14.1. The van der Waals surface area contributed by atoms with Gasteiger partial charge in [-0.3, -0.25) is 9.69 Å². The Hall–Kier alpha value is -0.860. The quantitative estimate of drug-likeness (QED) is 0.779. The van der Waals surface area contributed by atoms with E-state index in [1.54, 1.807) is 6.07 Å². The maximum absolute atomic E-state index is 12.6. The van der Waals surface area contributed by atoms with Crippen molar-refractivity contribution in [2.24, 2.45) is 5.92 Å². The van der Waals surface area contributed by atoms with Crippen molar-refractivity contribution in [2.75, 3.05) is 13.1 Å². The molecule has 1 heterocycles. The summed E-state index contributed by atoms with van der Waals surface area (Å²) in [6.07, 6.45) is 7.51. The van der Waals surface area contributed by atoms with E-state index in [4.69, 9.17) is 11.6 Å². The number of nitrogens with zero attached hydrogens (tertiary/aromatic N) is 1. The SMILES string of the molecule is O=C(c1cccc(Cl)c1)[C@H]1CCCN(C2CCCC2)C1. The maximum Gasteiger partial charge on any atom is 0.167 e. The second kappa shape index (κ2) is 6.28. The van der Waals surface area contributed by atoms with Crippen molar-refractivity contribution in [3.63, 3.8) is 0 Å². The molecule has 1 aromatic carbocycles. The number of benzene rings is 1. The summed E-state index contributed by atoms with van der Waals surface area (Å²) in [5.74, 6) is 0.429. The first-order chi connectivity index (χ1) is 9.74. The average molecular weight is 292 g/mol. The molecule has 1 aliphatic carbocycles. The van der Waals surface area contributed by atoms with Crippen LogP contribution in [0.5, 0.6) is 0 Å². The lowest BCUT2D eigenvalue weighted by molar-refractivity contribution is 0.0757. The van der Waals surface area contributed by atoms with E-state index in [2.05, 4.69) is 4.90 Å². The monoisotopic (exact) mass is 291 g/mol. The Bertz CT molecular complexity index is 482. The highest BCUT2D eigenvalue weighted by Crippen LogP contribution is 2.29. The molecular formula is C17H22ClNO. The van der Waals surface area contributed by atoms with Gasteiger partial charge in [0.15, 0.2) is 5.78 Å². The van der Waals surface area contributed by atoms with Gasteiger partial charge in [-0.25, -0.2) is 0 Å². The number of ketones is 1. The summed E-state index contributed by atoms with van der Waals surface area (Å²) in [5, 5.41) is 0.652.